The largest absolute Gasteiger partial charge is 0.338 e. The zero-order valence-electron chi connectivity index (χ0n) is 10.5. The van der Waals surface area contributed by atoms with E-state index in [0.717, 1.165) is 23.6 Å². The van der Waals surface area contributed by atoms with Gasteiger partial charge in [0, 0.05) is 44.3 Å². The van der Waals surface area contributed by atoms with Crippen molar-refractivity contribution < 1.29 is 0 Å². The van der Waals surface area contributed by atoms with Gasteiger partial charge in [0.2, 0.25) is 0 Å². The monoisotopic (exact) mass is 250 g/mol. The Balaban J connectivity index is 2.17. The molecule has 0 unspecified atom stereocenters. The summed E-state index contributed by atoms with van der Waals surface area (Å²) in [5.41, 5.74) is 1.25. The quantitative estimate of drug-likeness (QED) is 0.847. The normalized spacial score (nSPS) is 11.3. The summed E-state index contributed by atoms with van der Waals surface area (Å²) in [6, 6.07) is 0. The molecule has 0 radical (unpaired) electrons. The van der Waals surface area contributed by atoms with Crippen LogP contribution in [0.25, 0.3) is 0 Å². The first-order chi connectivity index (χ1) is 8.09. The van der Waals surface area contributed by atoms with E-state index >= 15 is 0 Å². The van der Waals surface area contributed by atoms with Crippen molar-refractivity contribution in [2.75, 3.05) is 0 Å². The van der Waals surface area contributed by atoms with Crippen LogP contribution in [0, 0.1) is 4.77 Å². The fourth-order valence-corrected chi connectivity index (χ4v) is 2.22. The number of imidazole rings is 2. The highest BCUT2D eigenvalue weighted by molar-refractivity contribution is 7.71. The summed E-state index contributed by atoms with van der Waals surface area (Å²) in [4.78, 5) is 7.44. The van der Waals surface area contributed by atoms with Gasteiger partial charge >= 0.3 is 0 Å². The maximum Gasteiger partial charge on any atom is 0.177 e. The lowest BCUT2D eigenvalue weighted by Gasteiger charge is -2.10. The lowest BCUT2D eigenvalue weighted by Crippen LogP contribution is -2.09. The molecular formula is C12H18N4S. The van der Waals surface area contributed by atoms with Gasteiger partial charge < -0.3 is 14.1 Å². The lowest BCUT2D eigenvalue weighted by atomic mass is 10.1. The Labute approximate surface area is 106 Å². The Morgan fingerprint density at radius 1 is 1.47 bits per heavy atom. The van der Waals surface area contributed by atoms with Gasteiger partial charge in [-0.15, -0.1) is 0 Å². The van der Waals surface area contributed by atoms with Gasteiger partial charge in [0.1, 0.15) is 5.82 Å². The van der Waals surface area contributed by atoms with Crippen molar-refractivity contribution in [1.82, 2.24) is 19.1 Å². The van der Waals surface area contributed by atoms with Crippen LogP contribution >= 0.6 is 12.2 Å². The Morgan fingerprint density at radius 3 is 2.82 bits per heavy atom. The molecule has 0 aromatic carbocycles. The molecule has 0 fully saturated rings. The summed E-state index contributed by atoms with van der Waals surface area (Å²) in [6.07, 6.45) is 6.70. The highest BCUT2D eigenvalue weighted by Crippen LogP contribution is 2.15. The highest BCUT2D eigenvalue weighted by atomic mass is 32.1. The summed E-state index contributed by atoms with van der Waals surface area (Å²) in [7, 11) is 2.02. The van der Waals surface area contributed by atoms with Gasteiger partial charge in [-0.05, 0) is 18.1 Å². The van der Waals surface area contributed by atoms with E-state index < -0.39 is 0 Å². The number of hydrogen-bond donors (Lipinski definition) is 1. The van der Waals surface area contributed by atoms with Crippen molar-refractivity contribution in [1.29, 1.82) is 0 Å². The molecule has 0 bridgehead atoms. The topological polar surface area (TPSA) is 38.5 Å². The Morgan fingerprint density at radius 2 is 2.24 bits per heavy atom. The third kappa shape index (κ3) is 2.49. The third-order valence-electron chi connectivity index (χ3n) is 2.97. The van der Waals surface area contributed by atoms with Crippen molar-refractivity contribution in [3.05, 3.63) is 34.9 Å². The summed E-state index contributed by atoms with van der Waals surface area (Å²) < 4.78 is 5.00. The van der Waals surface area contributed by atoms with Gasteiger partial charge in [-0.3, -0.25) is 0 Å². The minimum atomic E-state index is 0.476. The molecule has 5 heteroatoms. The molecule has 2 heterocycles. The van der Waals surface area contributed by atoms with Gasteiger partial charge in [-0.25, -0.2) is 4.98 Å². The molecule has 2 rings (SSSR count). The molecule has 0 spiro atoms. The van der Waals surface area contributed by atoms with Crippen LogP contribution in [0.1, 0.15) is 31.3 Å². The lowest BCUT2D eigenvalue weighted by molar-refractivity contribution is 0.602. The summed E-state index contributed by atoms with van der Waals surface area (Å²) in [5, 5.41) is 0. The minimum absolute atomic E-state index is 0.476. The van der Waals surface area contributed by atoms with Crippen LogP contribution in [-0.4, -0.2) is 19.1 Å². The second kappa shape index (κ2) is 4.87. The molecule has 2 aromatic rings. The Bertz CT molecular complexity index is 547. The van der Waals surface area contributed by atoms with E-state index in [9.17, 15) is 0 Å². The van der Waals surface area contributed by atoms with Gasteiger partial charge in [0.15, 0.2) is 4.77 Å². The molecule has 0 aliphatic carbocycles. The smallest absolute Gasteiger partial charge is 0.177 e. The predicted octanol–water partition coefficient (Wildman–Crippen LogP) is 2.65. The molecule has 0 saturated carbocycles. The van der Waals surface area contributed by atoms with Crippen LogP contribution in [0.15, 0.2) is 18.6 Å². The number of aromatic nitrogens is 4. The van der Waals surface area contributed by atoms with Crippen molar-refractivity contribution >= 4 is 12.2 Å². The van der Waals surface area contributed by atoms with Gasteiger partial charge in [-0.1, -0.05) is 13.8 Å². The predicted molar refractivity (Wildman–Crippen MR) is 70.6 cm³/mol. The molecule has 17 heavy (non-hydrogen) atoms. The van der Waals surface area contributed by atoms with Crippen LogP contribution in [0.5, 0.6) is 0 Å². The van der Waals surface area contributed by atoms with Crippen LogP contribution in [0.2, 0.25) is 0 Å². The summed E-state index contributed by atoms with van der Waals surface area (Å²) >= 11 is 5.30. The molecule has 92 valence electrons. The maximum atomic E-state index is 5.30. The van der Waals surface area contributed by atoms with Crippen LogP contribution in [0.4, 0.5) is 0 Å². The van der Waals surface area contributed by atoms with E-state index in [4.69, 9.17) is 12.2 Å². The van der Waals surface area contributed by atoms with Gasteiger partial charge in [0.25, 0.3) is 0 Å². The zero-order chi connectivity index (χ0) is 12.4. The van der Waals surface area contributed by atoms with E-state index in [0.29, 0.717) is 5.92 Å². The highest BCUT2D eigenvalue weighted by Gasteiger charge is 2.08. The molecule has 0 aliphatic rings. The number of aromatic amines is 1. The van der Waals surface area contributed by atoms with Crippen LogP contribution in [0.3, 0.4) is 0 Å². The molecule has 4 nitrogen and oxygen atoms in total. The van der Waals surface area contributed by atoms with Gasteiger partial charge in [-0.2, -0.15) is 0 Å². The Kier molecular flexibility index (Phi) is 3.47. The molecule has 0 aliphatic heterocycles. The molecule has 0 saturated heterocycles. The molecule has 0 atom stereocenters. The maximum absolute atomic E-state index is 5.30. The van der Waals surface area contributed by atoms with Crippen molar-refractivity contribution in [3.8, 4) is 0 Å². The number of nitrogens with one attached hydrogen (secondary N) is 1. The summed E-state index contributed by atoms with van der Waals surface area (Å²) in [6.45, 7) is 5.23. The third-order valence-corrected chi connectivity index (χ3v) is 3.31. The molecular weight excluding hydrogens is 232 g/mol. The van der Waals surface area contributed by atoms with Crippen molar-refractivity contribution in [2.24, 2.45) is 7.05 Å². The first-order valence-corrected chi connectivity index (χ1v) is 6.24. The molecule has 1 N–H and O–H groups in total. The SMILES string of the molecule is CC(C)c1c[nH]c(=S)n1CCc1nccn1C. The zero-order valence-corrected chi connectivity index (χ0v) is 11.3. The first kappa shape index (κ1) is 12.1. The minimum Gasteiger partial charge on any atom is -0.338 e. The average molecular weight is 250 g/mol. The number of H-pyrrole nitrogens is 1. The standard InChI is InChI=1S/C12H18N4S/c1-9(2)10-8-14-12(17)16(10)6-4-11-13-5-7-15(11)3/h5,7-9H,4,6H2,1-3H3,(H,14,17). The van der Waals surface area contributed by atoms with E-state index in [1.807, 2.05) is 30.2 Å². The van der Waals surface area contributed by atoms with Crippen molar-refractivity contribution in [2.45, 2.75) is 32.7 Å². The van der Waals surface area contributed by atoms with E-state index in [1.54, 1.807) is 0 Å². The Hall–Kier alpha value is -1.36. The number of hydrogen-bond acceptors (Lipinski definition) is 2. The number of aryl methyl sites for hydroxylation is 2. The number of nitrogens with zero attached hydrogens (tertiary/aromatic N) is 3. The second-order valence-electron chi connectivity index (χ2n) is 4.53. The first-order valence-electron chi connectivity index (χ1n) is 5.84. The van der Waals surface area contributed by atoms with Crippen LogP contribution < -0.4 is 0 Å². The molecule has 0 amide bonds. The summed E-state index contributed by atoms with van der Waals surface area (Å²) in [5.74, 6) is 1.56. The van der Waals surface area contributed by atoms with E-state index in [2.05, 4.69) is 28.4 Å². The van der Waals surface area contributed by atoms with Crippen LogP contribution in [-0.2, 0) is 20.0 Å². The second-order valence-corrected chi connectivity index (χ2v) is 4.92. The van der Waals surface area contributed by atoms with Crippen molar-refractivity contribution in [3.63, 3.8) is 0 Å². The number of rotatable bonds is 4. The fraction of sp³-hybridized carbons (Fsp3) is 0.500. The van der Waals surface area contributed by atoms with Gasteiger partial charge in [0.05, 0.1) is 0 Å². The average Bonchev–Trinajstić information content (AvgIpc) is 2.82. The van der Waals surface area contributed by atoms with E-state index in [-0.39, 0.29) is 0 Å². The van der Waals surface area contributed by atoms with E-state index in [1.165, 1.54) is 5.69 Å². The fourth-order valence-electron chi connectivity index (χ4n) is 1.97. The molecule has 2 aromatic heterocycles.